The Morgan fingerprint density at radius 3 is 3.13 bits per heavy atom. The molecule has 0 aromatic heterocycles. The SMILES string of the molecule is Cc1ccc2c(c1)CN(CC(N)=O)CO2. The van der Waals surface area contributed by atoms with Crippen molar-refractivity contribution in [2.45, 2.75) is 13.5 Å². The summed E-state index contributed by atoms with van der Waals surface area (Å²) in [5.41, 5.74) is 7.44. The molecule has 0 saturated heterocycles. The predicted molar refractivity (Wildman–Crippen MR) is 56.3 cm³/mol. The number of nitrogens with two attached hydrogens (primary N) is 1. The number of fused-ring (bicyclic) bond motifs is 1. The van der Waals surface area contributed by atoms with Gasteiger partial charge >= 0.3 is 0 Å². The molecular formula is C11H14N2O2. The second-order valence-electron chi connectivity index (χ2n) is 3.84. The topological polar surface area (TPSA) is 55.6 Å². The minimum Gasteiger partial charge on any atom is -0.478 e. The number of carbonyl (C=O) groups is 1. The van der Waals surface area contributed by atoms with Gasteiger partial charge in [0.2, 0.25) is 5.91 Å². The Morgan fingerprint density at radius 1 is 1.60 bits per heavy atom. The largest absolute Gasteiger partial charge is 0.478 e. The Kier molecular flexibility index (Phi) is 2.60. The summed E-state index contributed by atoms with van der Waals surface area (Å²) < 4.78 is 5.51. The van der Waals surface area contributed by atoms with Crippen LogP contribution in [-0.2, 0) is 11.3 Å². The van der Waals surface area contributed by atoms with Gasteiger partial charge in [0.05, 0.1) is 6.54 Å². The van der Waals surface area contributed by atoms with E-state index < -0.39 is 0 Å². The molecule has 80 valence electrons. The number of rotatable bonds is 2. The third-order valence-corrected chi connectivity index (χ3v) is 2.39. The molecule has 2 rings (SSSR count). The fraction of sp³-hybridized carbons (Fsp3) is 0.364. The molecule has 0 bridgehead atoms. The van der Waals surface area contributed by atoms with Crippen LogP contribution in [0.1, 0.15) is 11.1 Å². The summed E-state index contributed by atoms with van der Waals surface area (Å²) in [6.07, 6.45) is 0. The number of aryl methyl sites for hydroxylation is 1. The number of hydrogen-bond donors (Lipinski definition) is 1. The zero-order valence-corrected chi connectivity index (χ0v) is 8.69. The number of benzene rings is 1. The molecule has 1 aromatic rings. The number of amides is 1. The van der Waals surface area contributed by atoms with Crippen LogP contribution in [0.2, 0.25) is 0 Å². The van der Waals surface area contributed by atoms with Crippen LogP contribution in [0.4, 0.5) is 0 Å². The van der Waals surface area contributed by atoms with Crippen LogP contribution in [0.25, 0.3) is 0 Å². The van der Waals surface area contributed by atoms with E-state index in [1.54, 1.807) is 0 Å². The summed E-state index contributed by atoms with van der Waals surface area (Å²) in [7, 11) is 0. The van der Waals surface area contributed by atoms with Gasteiger partial charge < -0.3 is 10.5 Å². The van der Waals surface area contributed by atoms with Crippen molar-refractivity contribution in [3.05, 3.63) is 29.3 Å². The maximum atomic E-state index is 10.8. The smallest absolute Gasteiger partial charge is 0.231 e. The minimum atomic E-state index is -0.324. The van der Waals surface area contributed by atoms with Crippen LogP contribution in [0, 0.1) is 6.92 Å². The van der Waals surface area contributed by atoms with Gasteiger partial charge in [0.15, 0.2) is 0 Å². The van der Waals surface area contributed by atoms with Crippen molar-refractivity contribution >= 4 is 5.91 Å². The summed E-state index contributed by atoms with van der Waals surface area (Å²) >= 11 is 0. The van der Waals surface area contributed by atoms with Crippen molar-refractivity contribution in [1.29, 1.82) is 0 Å². The first-order chi connectivity index (χ1) is 7.15. The van der Waals surface area contributed by atoms with Crippen molar-refractivity contribution in [3.63, 3.8) is 0 Å². The predicted octanol–water partition coefficient (Wildman–Crippen LogP) is 0.632. The Labute approximate surface area is 88.6 Å². The van der Waals surface area contributed by atoms with E-state index in [0.29, 0.717) is 6.73 Å². The number of primary amides is 1. The fourth-order valence-electron chi connectivity index (χ4n) is 1.74. The monoisotopic (exact) mass is 206 g/mol. The van der Waals surface area contributed by atoms with Gasteiger partial charge in [-0.25, -0.2) is 0 Å². The van der Waals surface area contributed by atoms with Crippen LogP contribution in [0.5, 0.6) is 5.75 Å². The van der Waals surface area contributed by atoms with Crippen LogP contribution in [0.15, 0.2) is 18.2 Å². The highest BCUT2D eigenvalue weighted by molar-refractivity contribution is 5.75. The summed E-state index contributed by atoms with van der Waals surface area (Å²) in [4.78, 5) is 12.7. The van der Waals surface area contributed by atoms with Gasteiger partial charge in [0, 0.05) is 12.1 Å². The van der Waals surface area contributed by atoms with Crippen LogP contribution >= 0.6 is 0 Å². The summed E-state index contributed by atoms with van der Waals surface area (Å²) in [5.74, 6) is 0.580. The van der Waals surface area contributed by atoms with E-state index in [-0.39, 0.29) is 12.5 Å². The molecule has 1 heterocycles. The number of carbonyl (C=O) groups excluding carboxylic acids is 1. The molecule has 1 aliphatic heterocycles. The second-order valence-corrected chi connectivity index (χ2v) is 3.84. The molecule has 2 N–H and O–H groups in total. The Balaban J connectivity index is 2.14. The lowest BCUT2D eigenvalue weighted by Crippen LogP contribution is -2.38. The molecule has 0 unspecified atom stereocenters. The first kappa shape index (κ1) is 9.98. The standard InChI is InChI=1S/C11H14N2O2/c1-8-2-3-10-9(4-8)5-13(7-15-10)6-11(12)14/h2-4H,5-7H2,1H3,(H2,12,14). The average Bonchev–Trinajstić information content (AvgIpc) is 2.16. The molecule has 0 radical (unpaired) electrons. The summed E-state index contributed by atoms with van der Waals surface area (Å²) in [5, 5.41) is 0. The first-order valence-corrected chi connectivity index (χ1v) is 4.88. The van der Waals surface area contributed by atoms with Gasteiger partial charge in [-0.2, -0.15) is 0 Å². The zero-order valence-electron chi connectivity index (χ0n) is 8.69. The molecule has 1 amide bonds. The van der Waals surface area contributed by atoms with Gasteiger partial charge in [-0.3, -0.25) is 9.69 Å². The van der Waals surface area contributed by atoms with Crippen molar-refractivity contribution < 1.29 is 9.53 Å². The van der Waals surface area contributed by atoms with Crippen LogP contribution in [-0.4, -0.2) is 24.1 Å². The lowest BCUT2D eigenvalue weighted by atomic mass is 10.1. The van der Waals surface area contributed by atoms with Crippen molar-refractivity contribution in [2.24, 2.45) is 5.73 Å². The highest BCUT2D eigenvalue weighted by Gasteiger charge is 2.18. The Hall–Kier alpha value is -1.55. The maximum absolute atomic E-state index is 10.8. The molecule has 0 saturated carbocycles. The van der Waals surface area contributed by atoms with Gasteiger partial charge in [0.1, 0.15) is 12.5 Å². The first-order valence-electron chi connectivity index (χ1n) is 4.88. The van der Waals surface area contributed by atoms with E-state index >= 15 is 0 Å². The highest BCUT2D eigenvalue weighted by Crippen LogP contribution is 2.25. The molecule has 1 aromatic carbocycles. The van der Waals surface area contributed by atoms with Crippen molar-refractivity contribution in [1.82, 2.24) is 4.90 Å². The maximum Gasteiger partial charge on any atom is 0.231 e. The number of nitrogens with zero attached hydrogens (tertiary/aromatic N) is 1. The van der Waals surface area contributed by atoms with Gasteiger partial charge in [-0.15, -0.1) is 0 Å². The molecule has 1 aliphatic rings. The summed E-state index contributed by atoms with van der Waals surface area (Å²) in [6.45, 7) is 3.43. The second kappa shape index (κ2) is 3.90. The third-order valence-electron chi connectivity index (χ3n) is 2.39. The molecular weight excluding hydrogens is 192 g/mol. The molecule has 0 fully saturated rings. The number of hydrogen-bond acceptors (Lipinski definition) is 3. The molecule has 0 atom stereocenters. The van der Waals surface area contributed by atoms with E-state index in [1.807, 2.05) is 24.0 Å². The molecule has 4 nitrogen and oxygen atoms in total. The van der Waals surface area contributed by atoms with E-state index in [1.165, 1.54) is 5.56 Å². The third kappa shape index (κ3) is 2.27. The van der Waals surface area contributed by atoms with Gasteiger partial charge in [-0.05, 0) is 13.0 Å². The summed E-state index contributed by atoms with van der Waals surface area (Å²) in [6, 6.07) is 6.05. The van der Waals surface area contributed by atoms with E-state index in [2.05, 4.69) is 6.07 Å². The van der Waals surface area contributed by atoms with Gasteiger partial charge in [0.25, 0.3) is 0 Å². The van der Waals surface area contributed by atoms with E-state index in [0.717, 1.165) is 17.9 Å². The highest BCUT2D eigenvalue weighted by atomic mass is 16.5. The van der Waals surface area contributed by atoms with Gasteiger partial charge in [-0.1, -0.05) is 17.7 Å². The van der Waals surface area contributed by atoms with Crippen LogP contribution < -0.4 is 10.5 Å². The average molecular weight is 206 g/mol. The molecule has 15 heavy (non-hydrogen) atoms. The Morgan fingerprint density at radius 2 is 2.40 bits per heavy atom. The molecule has 0 aliphatic carbocycles. The minimum absolute atomic E-state index is 0.243. The quantitative estimate of drug-likeness (QED) is 0.772. The number of ether oxygens (including phenoxy) is 1. The Bertz CT molecular complexity index is 390. The fourth-order valence-corrected chi connectivity index (χ4v) is 1.74. The van der Waals surface area contributed by atoms with E-state index in [9.17, 15) is 4.79 Å². The van der Waals surface area contributed by atoms with Crippen molar-refractivity contribution in [3.8, 4) is 5.75 Å². The zero-order chi connectivity index (χ0) is 10.8. The lowest BCUT2D eigenvalue weighted by molar-refractivity contribution is -0.120. The molecule has 4 heteroatoms. The normalized spacial score (nSPS) is 15.5. The van der Waals surface area contributed by atoms with E-state index in [4.69, 9.17) is 10.5 Å². The van der Waals surface area contributed by atoms with Crippen LogP contribution in [0.3, 0.4) is 0 Å². The lowest BCUT2D eigenvalue weighted by Gasteiger charge is -2.28. The van der Waals surface area contributed by atoms with Crippen molar-refractivity contribution in [2.75, 3.05) is 13.3 Å². The molecule has 0 spiro atoms.